The lowest BCUT2D eigenvalue weighted by Crippen LogP contribution is -2.32. The summed E-state index contributed by atoms with van der Waals surface area (Å²) >= 11 is 1.38. The van der Waals surface area contributed by atoms with Crippen molar-refractivity contribution in [2.45, 2.75) is 77.9 Å². The van der Waals surface area contributed by atoms with E-state index < -0.39 is 5.97 Å². The molecule has 11 heteroatoms. The number of hydrogen-bond acceptors (Lipinski definition) is 7. The third kappa shape index (κ3) is 7.35. The van der Waals surface area contributed by atoms with Crippen molar-refractivity contribution in [2.75, 3.05) is 12.8 Å². The van der Waals surface area contributed by atoms with Gasteiger partial charge in [0.15, 0.2) is 0 Å². The monoisotopic (exact) mass is 731 g/mol. The van der Waals surface area contributed by atoms with Crippen LogP contribution < -0.4 is 0 Å². The van der Waals surface area contributed by atoms with E-state index in [0.717, 1.165) is 78.0 Å². The maximum Gasteiger partial charge on any atom is 0.303 e. The minimum absolute atomic E-state index is 0.0387. The molecule has 0 radical (unpaired) electrons. The molecular formula is C42H45N5O5S. The first kappa shape index (κ1) is 37.5. The highest BCUT2D eigenvalue weighted by molar-refractivity contribution is 8.00. The Labute approximate surface area is 313 Å². The topological polar surface area (TPSA) is 149 Å². The van der Waals surface area contributed by atoms with E-state index in [-0.39, 0.29) is 55.1 Å². The number of aromatic nitrogens is 4. The van der Waals surface area contributed by atoms with Crippen LogP contribution in [0.1, 0.15) is 104 Å². The van der Waals surface area contributed by atoms with E-state index in [4.69, 9.17) is 9.97 Å². The van der Waals surface area contributed by atoms with Crippen molar-refractivity contribution in [2.24, 2.45) is 0 Å². The molecule has 3 aromatic rings. The van der Waals surface area contributed by atoms with Crippen LogP contribution in [-0.4, -0.2) is 71.6 Å². The highest BCUT2D eigenvalue weighted by Gasteiger charge is 2.37. The van der Waals surface area contributed by atoms with E-state index in [1.165, 1.54) is 16.7 Å². The molecule has 0 aliphatic carbocycles. The van der Waals surface area contributed by atoms with Gasteiger partial charge in [0.25, 0.3) is 0 Å². The Bertz CT molecular complexity index is 2320. The lowest BCUT2D eigenvalue weighted by Gasteiger charge is -2.14. The number of H-pyrrole nitrogens is 2. The number of nitrogens with one attached hydrogen (secondary N) is 2. The summed E-state index contributed by atoms with van der Waals surface area (Å²) in [6, 6.07) is 7.99. The number of thioether (sulfide) groups is 1. The molecule has 6 heterocycles. The van der Waals surface area contributed by atoms with Gasteiger partial charge < -0.3 is 15.1 Å². The Morgan fingerprint density at radius 2 is 1.34 bits per heavy atom. The molecule has 53 heavy (non-hydrogen) atoms. The smallest absolute Gasteiger partial charge is 0.303 e. The number of likely N-dealkylation sites (tertiary alicyclic amines) is 1. The fraction of sp³-hybridized carbons (Fsp3) is 0.333. The van der Waals surface area contributed by atoms with Gasteiger partial charge in [0.1, 0.15) is 5.78 Å². The van der Waals surface area contributed by atoms with E-state index >= 15 is 0 Å². The minimum Gasteiger partial charge on any atom is -0.481 e. The molecule has 8 bridgehead atoms. The number of ketones is 1. The van der Waals surface area contributed by atoms with Gasteiger partial charge in [-0.15, -0.1) is 0 Å². The molecule has 0 aromatic carbocycles. The van der Waals surface area contributed by atoms with E-state index in [1.807, 2.05) is 64.3 Å². The largest absolute Gasteiger partial charge is 0.481 e. The van der Waals surface area contributed by atoms with Gasteiger partial charge in [0.2, 0.25) is 11.8 Å². The molecule has 1 saturated heterocycles. The average molecular weight is 732 g/mol. The zero-order valence-electron chi connectivity index (χ0n) is 30.9. The lowest BCUT2D eigenvalue weighted by molar-refractivity contribution is -0.139. The van der Waals surface area contributed by atoms with E-state index in [1.54, 1.807) is 0 Å². The van der Waals surface area contributed by atoms with Gasteiger partial charge in [-0.25, -0.2) is 9.97 Å². The molecule has 2 amide bonds. The van der Waals surface area contributed by atoms with Crippen LogP contribution in [0.5, 0.6) is 0 Å². The number of fused-ring (bicyclic) bond motifs is 8. The third-order valence-electron chi connectivity index (χ3n) is 10.6. The van der Waals surface area contributed by atoms with E-state index in [9.17, 15) is 24.3 Å². The number of carbonyl (C=O) groups is 4. The lowest BCUT2D eigenvalue weighted by atomic mass is 9.97. The number of hydrogen-bond donors (Lipinski definition) is 3. The summed E-state index contributed by atoms with van der Waals surface area (Å²) in [5.74, 6) is -1.20. The van der Waals surface area contributed by atoms with Gasteiger partial charge in [0.05, 0.1) is 28.0 Å². The summed E-state index contributed by atoms with van der Waals surface area (Å²) in [5.41, 5.74) is 13.9. The molecule has 3 N–H and O–H groups in total. The summed E-state index contributed by atoms with van der Waals surface area (Å²) in [6.07, 6.45) is 7.33. The van der Waals surface area contributed by atoms with Gasteiger partial charge >= 0.3 is 5.97 Å². The SMILES string of the molecule is C=Cc1c(C)c2cc3[nH]c(cc4nc(cc5nc(cc1[nH]2)C(C)=C5CCC(=O)O)C(CCC(=O)CCCN1C(=O)CC(SC)C1=O)=C4C)c(C)c3C=C. The first-order valence-corrected chi connectivity index (χ1v) is 19.2. The number of imide groups is 1. The number of carboxylic acids is 1. The number of aromatic amines is 2. The summed E-state index contributed by atoms with van der Waals surface area (Å²) in [4.78, 5) is 68.4. The predicted octanol–water partition coefficient (Wildman–Crippen LogP) is 8.56. The predicted molar refractivity (Wildman–Crippen MR) is 215 cm³/mol. The molecule has 0 spiro atoms. The van der Waals surface area contributed by atoms with Crippen molar-refractivity contribution < 1.29 is 24.3 Å². The zero-order chi connectivity index (χ0) is 38.1. The number of aryl methyl sites for hydroxylation is 2. The molecule has 3 aromatic heterocycles. The molecule has 0 saturated carbocycles. The second-order valence-corrected chi connectivity index (χ2v) is 14.8. The highest BCUT2D eigenvalue weighted by atomic mass is 32.2. The number of carboxylic acid groups (broad SMARTS) is 1. The third-order valence-corrected chi connectivity index (χ3v) is 11.5. The molecule has 3 aliphatic heterocycles. The van der Waals surface area contributed by atoms with Gasteiger partial charge in [-0.05, 0) is 111 Å². The Kier molecular flexibility index (Phi) is 10.9. The zero-order valence-corrected chi connectivity index (χ0v) is 31.8. The summed E-state index contributed by atoms with van der Waals surface area (Å²) in [7, 11) is 0. The van der Waals surface area contributed by atoms with Crippen molar-refractivity contribution in [3.63, 3.8) is 0 Å². The van der Waals surface area contributed by atoms with Gasteiger partial charge in [-0.2, -0.15) is 11.8 Å². The molecule has 6 rings (SSSR count). The quantitative estimate of drug-likeness (QED) is 0.148. The standard InChI is InChI=1S/C42H45N5O5S/c1-8-27-22(3)31-17-32-24(5)29(13-12-26(48)11-10-16-47-40(49)21-39(53-7)42(47)52)37(45-32)20-38-30(14-15-41(50)51)25(6)34(46-38)19-36-28(9-2)23(4)33(44-36)18-35(27)43-31/h8-9,17-20,39,43-44H,1-2,10-16,21H2,3-7H3,(H,50,51). The van der Waals surface area contributed by atoms with Crippen LogP contribution in [0, 0.1) is 13.8 Å². The molecule has 1 unspecified atom stereocenters. The first-order valence-electron chi connectivity index (χ1n) is 17.9. The van der Waals surface area contributed by atoms with Gasteiger partial charge in [-0.1, -0.05) is 25.3 Å². The summed E-state index contributed by atoms with van der Waals surface area (Å²) in [6.45, 7) is 16.5. The Hall–Kier alpha value is -5.29. The van der Waals surface area contributed by atoms with Crippen LogP contribution in [0.15, 0.2) is 37.4 Å². The first-order chi connectivity index (χ1) is 25.3. The van der Waals surface area contributed by atoms with Crippen LogP contribution in [0.3, 0.4) is 0 Å². The molecule has 10 nitrogen and oxygen atoms in total. The number of Topliss-reactive ketones (excluding diaryl/α,β-unsaturated/α-hetero) is 1. The van der Waals surface area contributed by atoms with Crippen LogP contribution in [0.2, 0.25) is 0 Å². The minimum atomic E-state index is -0.894. The van der Waals surface area contributed by atoms with Crippen LogP contribution in [-0.2, 0) is 19.2 Å². The van der Waals surface area contributed by atoms with Gasteiger partial charge in [0, 0.05) is 65.4 Å². The summed E-state index contributed by atoms with van der Waals surface area (Å²) < 4.78 is 0. The molecular weight excluding hydrogens is 687 g/mol. The molecule has 1 atom stereocenters. The average Bonchev–Trinajstić information content (AvgIpc) is 3.85. The fourth-order valence-electron chi connectivity index (χ4n) is 7.43. The van der Waals surface area contributed by atoms with Crippen LogP contribution in [0.25, 0.3) is 56.5 Å². The molecule has 1 fully saturated rings. The fourth-order valence-corrected chi connectivity index (χ4v) is 8.07. The summed E-state index contributed by atoms with van der Waals surface area (Å²) in [5, 5.41) is 9.27. The Morgan fingerprint density at radius 3 is 1.87 bits per heavy atom. The second kappa shape index (κ2) is 15.4. The second-order valence-electron chi connectivity index (χ2n) is 13.8. The normalized spacial score (nSPS) is 15.9. The van der Waals surface area contributed by atoms with Crippen molar-refractivity contribution >= 4 is 91.8 Å². The Balaban J connectivity index is 1.44. The van der Waals surface area contributed by atoms with Crippen molar-refractivity contribution in [3.8, 4) is 0 Å². The van der Waals surface area contributed by atoms with Crippen molar-refractivity contribution in [1.29, 1.82) is 0 Å². The maximum absolute atomic E-state index is 13.2. The van der Waals surface area contributed by atoms with Crippen LogP contribution in [0.4, 0.5) is 0 Å². The number of carbonyl (C=O) groups excluding carboxylic acids is 3. The van der Waals surface area contributed by atoms with Crippen molar-refractivity contribution in [1.82, 2.24) is 24.8 Å². The van der Waals surface area contributed by atoms with Crippen LogP contribution >= 0.6 is 11.8 Å². The highest BCUT2D eigenvalue weighted by Crippen LogP contribution is 2.38. The molecule has 3 aliphatic rings. The van der Waals surface area contributed by atoms with E-state index in [0.29, 0.717) is 30.7 Å². The molecule has 274 valence electrons. The number of aliphatic carboxylic acids is 1. The van der Waals surface area contributed by atoms with Gasteiger partial charge in [-0.3, -0.25) is 24.1 Å². The number of nitrogens with zero attached hydrogens (tertiary/aromatic N) is 3. The maximum atomic E-state index is 13.2. The van der Waals surface area contributed by atoms with E-state index in [2.05, 4.69) is 29.2 Å². The Morgan fingerprint density at radius 1 is 0.811 bits per heavy atom. The number of allylic oxidation sites excluding steroid dienone is 4. The van der Waals surface area contributed by atoms with Crippen molar-refractivity contribution in [3.05, 3.63) is 82.5 Å². The number of amides is 2. The number of rotatable bonds is 13.